The normalized spacial score (nSPS) is 17.3. The SMILES string of the molecule is CC.CNC(=O)C(CCC=O)N(C=O)C(=O)c1cc(CN2CC(Oc3cccc(S(=O)N4CCC(N)CC4)c3)C2)ccc1C. The summed E-state index contributed by atoms with van der Waals surface area (Å²) in [5, 5.41) is 2.46. The van der Waals surface area contributed by atoms with Gasteiger partial charge in [0.2, 0.25) is 12.3 Å². The number of likely N-dealkylation sites (tertiary alicyclic amines) is 1. The number of hydrogen-bond donors (Lipinski definition) is 2. The van der Waals surface area contributed by atoms with Gasteiger partial charge in [0.05, 0.1) is 4.90 Å². The zero-order valence-corrected chi connectivity index (χ0v) is 26.9. The van der Waals surface area contributed by atoms with E-state index in [0.29, 0.717) is 67.2 Å². The molecule has 2 atom stereocenters. The Morgan fingerprint density at radius 2 is 1.84 bits per heavy atom. The van der Waals surface area contributed by atoms with Gasteiger partial charge in [-0.1, -0.05) is 32.0 Å². The largest absolute Gasteiger partial charge is 0.488 e. The maximum Gasteiger partial charge on any atom is 0.261 e. The minimum absolute atomic E-state index is 0.0232. The summed E-state index contributed by atoms with van der Waals surface area (Å²) in [6.07, 6.45) is 2.75. The van der Waals surface area contributed by atoms with Crippen LogP contribution in [0.3, 0.4) is 0 Å². The van der Waals surface area contributed by atoms with Crippen LogP contribution in [0.25, 0.3) is 0 Å². The minimum Gasteiger partial charge on any atom is -0.488 e. The minimum atomic E-state index is -1.25. The van der Waals surface area contributed by atoms with Gasteiger partial charge < -0.3 is 20.6 Å². The molecule has 0 radical (unpaired) electrons. The molecule has 0 aromatic heterocycles. The monoisotopic (exact) mass is 627 g/mol. The number of nitrogens with zero attached hydrogens (tertiary/aromatic N) is 3. The lowest BCUT2D eigenvalue weighted by atomic mass is 10.0. The molecule has 44 heavy (non-hydrogen) atoms. The molecule has 0 saturated carbocycles. The summed E-state index contributed by atoms with van der Waals surface area (Å²) in [5.41, 5.74) is 7.87. The van der Waals surface area contributed by atoms with E-state index < -0.39 is 28.8 Å². The second kappa shape index (κ2) is 17.1. The van der Waals surface area contributed by atoms with Gasteiger partial charge in [-0.15, -0.1) is 0 Å². The highest BCUT2D eigenvalue weighted by Gasteiger charge is 2.32. The molecular formula is C32H45N5O6S. The van der Waals surface area contributed by atoms with Crippen LogP contribution >= 0.6 is 0 Å². The quantitative estimate of drug-likeness (QED) is 0.323. The van der Waals surface area contributed by atoms with E-state index in [1.165, 1.54) is 7.05 Å². The summed E-state index contributed by atoms with van der Waals surface area (Å²) < 4.78 is 21.1. The van der Waals surface area contributed by atoms with E-state index >= 15 is 0 Å². The van der Waals surface area contributed by atoms with Crippen molar-refractivity contribution in [3.05, 3.63) is 59.2 Å². The molecule has 2 aliphatic rings. The number of likely N-dealkylation sites (N-methyl/N-ethyl adjacent to an activating group) is 1. The molecule has 2 unspecified atom stereocenters. The van der Waals surface area contributed by atoms with E-state index in [0.717, 1.165) is 23.3 Å². The lowest BCUT2D eigenvalue weighted by molar-refractivity contribution is -0.131. The Morgan fingerprint density at radius 3 is 2.48 bits per heavy atom. The van der Waals surface area contributed by atoms with Crippen LogP contribution in [0.15, 0.2) is 47.4 Å². The van der Waals surface area contributed by atoms with Gasteiger partial charge in [0.1, 0.15) is 35.2 Å². The standard InChI is InChI=1S/C30H39N5O6S.C2H6/c1-21-8-9-22(15-27(21)30(39)35(20-37)28(7-4-14-36)29(38)32-2)17-33-18-25(19-33)41-24-5-3-6-26(16-24)42(40)34-12-10-23(31)11-13-34;1-2/h3,5-6,8-9,14-16,20,23,25,28H,4,7,10-13,17-19,31H2,1-2H3,(H,32,38);1-2H3. The molecule has 0 bridgehead atoms. The molecule has 3 N–H and O–H groups in total. The Bertz CT molecular complexity index is 1310. The smallest absolute Gasteiger partial charge is 0.261 e. The molecule has 2 aromatic carbocycles. The summed E-state index contributed by atoms with van der Waals surface area (Å²) >= 11 is 0. The molecule has 12 heteroatoms. The van der Waals surface area contributed by atoms with Gasteiger partial charge in [0, 0.05) is 57.8 Å². The van der Waals surface area contributed by atoms with E-state index in [4.69, 9.17) is 10.5 Å². The highest BCUT2D eigenvalue weighted by Crippen LogP contribution is 2.25. The summed E-state index contributed by atoms with van der Waals surface area (Å²) in [7, 11) is 0.169. The number of amides is 3. The van der Waals surface area contributed by atoms with Crippen LogP contribution in [0.4, 0.5) is 0 Å². The molecule has 3 amide bonds. The highest BCUT2D eigenvalue weighted by molar-refractivity contribution is 7.82. The van der Waals surface area contributed by atoms with E-state index in [9.17, 15) is 23.4 Å². The molecule has 0 aliphatic carbocycles. The number of aldehydes is 1. The summed E-state index contributed by atoms with van der Waals surface area (Å²) in [5.74, 6) is -0.416. The van der Waals surface area contributed by atoms with Crippen molar-refractivity contribution in [3.8, 4) is 5.75 Å². The molecule has 2 aliphatic heterocycles. The predicted molar refractivity (Wildman–Crippen MR) is 169 cm³/mol. The van der Waals surface area contributed by atoms with Crippen molar-refractivity contribution in [1.29, 1.82) is 0 Å². The lowest BCUT2D eigenvalue weighted by Crippen LogP contribution is -2.53. The van der Waals surface area contributed by atoms with Crippen molar-refractivity contribution in [2.24, 2.45) is 5.73 Å². The highest BCUT2D eigenvalue weighted by atomic mass is 32.2. The van der Waals surface area contributed by atoms with Crippen LogP contribution in [0, 0.1) is 6.92 Å². The summed E-state index contributed by atoms with van der Waals surface area (Å²) in [4.78, 5) is 52.3. The van der Waals surface area contributed by atoms with Crippen LogP contribution in [-0.4, -0.2) is 94.2 Å². The number of benzene rings is 2. The molecular weight excluding hydrogens is 582 g/mol. The average molecular weight is 628 g/mol. The maximum absolute atomic E-state index is 13.4. The van der Waals surface area contributed by atoms with Gasteiger partial charge in [-0.05, 0) is 61.6 Å². The van der Waals surface area contributed by atoms with Crippen molar-refractivity contribution >= 4 is 35.5 Å². The second-order valence-corrected chi connectivity index (χ2v) is 12.3. The molecule has 240 valence electrons. The Balaban J connectivity index is 0.00000259. The molecule has 0 spiro atoms. The van der Waals surface area contributed by atoms with Gasteiger partial charge >= 0.3 is 0 Å². The number of hydrogen-bond acceptors (Lipinski definition) is 8. The summed E-state index contributed by atoms with van der Waals surface area (Å²) in [6.45, 7) is 9.14. The molecule has 2 saturated heterocycles. The van der Waals surface area contributed by atoms with Gasteiger partial charge in [-0.2, -0.15) is 0 Å². The van der Waals surface area contributed by atoms with Gasteiger partial charge in [-0.25, -0.2) is 8.51 Å². The van der Waals surface area contributed by atoms with Gasteiger partial charge in [-0.3, -0.25) is 24.2 Å². The number of nitrogens with two attached hydrogens (primary N) is 1. The van der Waals surface area contributed by atoms with Gasteiger partial charge in [0.15, 0.2) is 0 Å². The first-order valence-corrected chi connectivity index (χ1v) is 16.3. The third-order valence-electron chi connectivity index (χ3n) is 7.70. The van der Waals surface area contributed by atoms with E-state index in [1.54, 1.807) is 13.0 Å². The Hall–Kier alpha value is -3.45. The second-order valence-electron chi connectivity index (χ2n) is 10.8. The fourth-order valence-electron chi connectivity index (χ4n) is 5.21. The summed E-state index contributed by atoms with van der Waals surface area (Å²) in [6, 6.07) is 12.0. The van der Waals surface area contributed by atoms with Crippen LogP contribution < -0.4 is 15.8 Å². The number of carbonyl (C=O) groups excluding carboxylic acids is 4. The van der Waals surface area contributed by atoms with Crippen molar-refractivity contribution < 1.29 is 28.1 Å². The predicted octanol–water partition coefficient (Wildman–Crippen LogP) is 2.42. The van der Waals surface area contributed by atoms with E-state index in [2.05, 4.69) is 10.2 Å². The van der Waals surface area contributed by atoms with E-state index in [1.807, 2.05) is 54.6 Å². The fraction of sp³-hybridized carbons (Fsp3) is 0.500. The third-order valence-corrected chi connectivity index (χ3v) is 9.19. The molecule has 2 heterocycles. The maximum atomic E-state index is 13.4. The van der Waals surface area contributed by atoms with Crippen molar-refractivity contribution in [1.82, 2.24) is 19.4 Å². The van der Waals surface area contributed by atoms with E-state index in [-0.39, 0.29) is 25.0 Å². The van der Waals surface area contributed by atoms with Crippen LogP contribution in [0.1, 0.15) is 61.0 Å². The Morgan fingerprint density at radius 1 is 1.14 bits per heavy atom. The third kappa shape index (κ3) is 9.04. The fourth-order valence-corrected chi connectivity index (χ4v) is 6.47. The van der Waals surface area contributed by atoms with Crippen LogP contribution in [-0.2, 0) is 31.9 Å². The number of carbonyl (C=O) groups is 4. The average Bonchev–Trinajstić information content (AvgIpc) is 3.03. The molecule has 4 rings (SSSR count). The molecule has 2 aromatic rings. The van der Waals surface area contributed by atoms with Crippen molar-refractivity contribution in [3.63, 3.8) is 0 Å². The van der Waals surface area contributed by atoms with Crippen molar-refractivity contribution in [2.75, 3.05) is 33.2 Å². The van der Waals surface area contributed by atoms with Crippen molar-refractivity contribution in [2.45, 2.75) is 76.1 Å². The number of ether oxygens (including phenoxy) is 1. The van der Waals surface area contributed by atoms with Crippen LogP contribution in [0.2, 0.25) is 0 Å². The lowest BCUT2D eigenvalue weighted by Gasteiger charge is -2.39. The first-order valence-electron chi connectivity index (χ1n) is 15.2. The first kappa shape index (κ1) is 35.0. The topological polar surface area (TPSA) is 142 Å². The number of imide groups is 1. The van der Waals surface area contributed by atoms with Crippen LogP contribution in [0.5, 0.6) is 5.75 Å². The first-order chi connectivity index (χ1) is 21.2. The molecule has 2 fully saturated rings. The molecule has 11 nitrogen and oxygen atoms in total. The number of piperidine rings is 1. The Kier molecular flexibility index (Phi) is 13.7. The zero-order valence-electron chi connectivity index (χ0n) is 26.1. The number of rotatable bonds is 13. The number of aryl methyl sites for hydroxylation is 1. The zero-order chi connectivity index (χ0) is 32.2. The van der Waals surface area contributed by atoms with Gasteiger partial charge in [0.25, 0.3) is 5.91 Å². The number of nitrogens with one attached hydrogen (secondary N) is 1. The Labute approximate surface area is 262 Å².